The van der Waals surface area contributed by atoms with E-state index in [1.165, 1.54) is 44.9 Å². The Bertz CT molecular complexity index is 144. The van der Waals surface area contributed by atoms with Crippen molar-refractivity contribution in [1.82, 2.24) is 0 Å². The van der Waals surface area contributed by atoms with E-state index >= 15 is 0 Å². The molecule has 0 nitrogen and oxygen atoms in total. The van der Waals surface area contributed by atoms with E-state index in [4.69, 9.17) is 0 Å². The molecule has 1 atom stereocenters. The number of hydrogen-bond donors (Lipinski definition) is 0. The molecule has 2 bridgehead atoms. The van der Waals surface area contributed by atoms with Gasteiger partial charge < -0.3 is 0 Å². The lowest BCUT2D eigenvalue weighted by Crippen LogP contribution is -1.96. The van der Waals surface area contributed by atoms with E-state index in [9.17, 15) is 0 Å². The zero-order chi connectivity index (χ0) is 6.81. The highest BCUT2D eigenvalue weighted by atomic mass is 14.2. The summed E-state index contributed by atoms with van der Waals surface area (Å²) in [5.41, 5.74) is 1.76. The van der Waals surface area contributed by atoms with Crippen molar-refractivity contribution in [2.24, 2.45) is 5.92 Å². The van der Waals surface area contributed by atoms with Crippen molar-refractivity contribution >= 4 is 0 Å². The van der Waals surface area contributed by atoms with Crippen LogP contribution in [0.3, 0.4) is 0 Å². The highest BCUT2D eigenvalue weighted by Gasteiger charge is 2.16. The SMILES string of the molecule is C1=C2CCCC(CC1)CC2. The Balaban J connectivity index is 2.13. The molecule has 0 heterocycles. The summed E-state index contributed by atoms with van der Waals surface area (Å²) in [6.07, 6.45) is 12.7. The predicted octanol–water partition coefficient (Wildman–Crippen LogP) is 3.29. The van der Waals surface area contributed by atoms with Crippen molar-refractivity contribution < 1.29 is 0 Å². The van der Waals surface area contributed by atoms with E-state index in [-0.39, 0.29) is 0 Å². The fraction of sp³-hybridized carbons (Fsp3) is 0.800. The van der Waals surface area contributed by atoms with Gasteiger partial charge >= 0.3 is 0 Å². The van der Waals surface area contributed by atoms with Crippen molar-refractivity contribution in [2.45, 2.75) is 44.9 Å². The lowest BCUT2D eigenvalue weighted by molar-refractivity contribution is 0.437. The van der Waals surface area contributed by atoms with Gasteiger partial charge in [0.05, 0.1) is 0 Å². The molecule has 0 aromatic heterocycles. The van der Waals surface area contributed by atoms with E-state index in [1.54, 1.807) is 5.57 Å². The van der Waals surface area contributed by atoms with E-state index < -0.39 is 0 Å². The topological polar surface area (TPSA) is 0 Å². The standard InChI is InChI=1S/C10H16/c1-3-9-5-2-6-10(4-1)8-7-9/h3,10H,1-2,4-8H2. The van der Waals surface area contributed by atoms with E-state index in [2.05, 4.69) is 6.08 Å². The second-order valence-corrected chi connectivity index (χ2v) is 3.74. The van der Waals surface area contributed by atoms with Crippen LogP contribution in [0.5, 0.6) is 0 Å². The maximum absolute atomic E-state index is 2.50. The van der Waals surface area contributed by atoms with Crippen molar-refractivity contribution in [3.63, 3.8) is 0 Å². The number of hydrogen-bond acceptors (Lipinski definition) is 0. The van der Waals surface area contributed by atoms with Crippen LogP contribution in [0.15, 0.2) is 11.6 Å². The van der Waals surface area contributed by atoms with E-state index in [0.29, 0.717) is 0 Å². The van der Waals surface area contributed by atoms with Gasteiger partial charge in [0.1, 0.15) is 0 Å². The van der Waals surface area contributed by atoms with Gasteiger partial charge in [-0.3, -0.25) is 0 Å². The molecular weight excluding hydrogens is 120 g/mol. The molecule has 0 aromatic rings. The molecular formula is C10H16. The second-order valence-electron chi connectivity index (χ2n) is 3.74. The molecule has 1 saturated carbocycles. The maximum atomic E-state index is 2.50. The van der Waals surface area contributed by atoms with Crippen LogP contribution in [0.1, 0.15) is 44.9 Å². The van der Waals surface area contributed by atoms with Crippen molar-refractivity contribution in [2.75, 3.05) is 0 Å². The molecule has 0 aromatic carbocycles. The van der Waals surface area contributed by atoms with E-state index in [0.717, 1.165) is 5.92 Å². The largest absolute Gasteiger partial charge is 0.0853 e. The third-order valence-corrected chi connectivity index (χ3v) is 2.99. The van der Waals surface area contributed by atoms with Crippen LogP contribution in [0.2, 0.25) is 0 Å². The molecule has 0 heteroatoms. The Morgan fingerprint density at radius 2 is 2.10 bits per heavy atom. The van der Waals surface area contributed by atoms with Gasteiger partial charge in [-0.05, 0) is 44.4 Å². The van der Waals surface area contributed by atoms with Gasteiger partial charge in [-0.1, -0.05) is 18.1 Å². The van der Waals surface area contributed by atoms with Gasteiger partial charge in [-0.2, -0.15) is 0 Å². The average Bonchev–Trinajstić information content (AvgIpc) is 2.17. The Morgan fingerprint density at radius 3 is 3.10 bits per heavy atom. The van der Waals surface area contributed by atoms with Gasteiger partial charge in [-0.15, -0.1) is 0 Å². The van der Waals surface area contributed by atoms with Crippen LogP contribution < -0.4 is 0 Å². The molecule has 2 aliphatic carbocycles. The molecule has 1 unspecified atom stereocenters. The molecule has 2 rings (SSSR count). The van der Waals surface area contributed by atoms with Crippen LogP contribution >= 0.6 is 0 Å². The summed E-state index contributed by atoms with van der Waals surface area (Å²) in [7, 11) is 0. The number of allylic oxidation sites excluding steroid dienone is 2. The van der Waals surface area contributed by atoms with Crippen LogP contribution in [-0.4, -0.2) is 0 Å². The highest BCUT2D eigenvalue weighted by Crippen LogP contribution is 2.33. The quantitative estimate of drug-likeness (QED) is 0.448. The summed E-state index contributed by atoms with van der Waals surface area (Å²) in [5, 5.41) is 0. The van der Waals surface area contributed by atoms with E-state index in [1.807, 2.05) is 0 Å². The molecule has 0 saturated heterocycles. The lowest BCUT2D eigenvalue weighted by Gasteiger charge is -2.10. The molecule has 0 amide bonds. The first kappa shape index (κ1) is 6.45. The first-order valence-corrected chi connectivity index (χ1v) is 4.63. The van der Waals surface area contributed by atoms with Crippen molar-refractivity contribution in [3.8, 4) is 0 Å². The third-order valence-electron chi connectivity index (χ3n) is 2.99. The second kappa shape index (κ2) is 2.77. The Labute approximate surface area is 63.3 Å². The summed E-state index contributed by atoms with van der Waals surface area (Å²) in [4.78, 5) is 0. The van der Waals surface area contributed by atoms with Crippen LogP contribution in [-0.2, 0) is 0 Å². The van der Waals surface area contributed by atoms with Crippen LogP contribution in [0, 0.1) is 5.92 Å². The maximum Gasteiger partial charge on any atom is -0.0318 e. The zero-order valence-electron chi connectivity index (χ0n) is 6.60. The lowest BCUT2D eigenvalue weighted by atomic mass is 9.96. The smallest absolute Gasteiger partial charge is 0.0318 e. The first-order valence-electron chi connectivity index (χ1n) is 4.63. The number of fused-ring (bicyclic) bond motifs is 3. The molecule has 1 fully saturated rings. The minimum absolute atomic E-state index is 1.08. The Morgan fingerprint density at radius 1 is 1.10 bits per heavy atom. The Hall–Kier alpha value is -0.260. The zero-order valence-corrected chi connectivity index (χ0v) is 6.60. The van der Waals surface area contributed by atoms with Crippen LogP contribution in [0.4, 0.5) is 0 Å². The van der Waals surface area contributed by atoms with Gasteiger partial charge in [0.15, 0.2) is 0 Å². The van der Waals surface area contributed by atoms with Crippen LogP contribution in [0.25, 0.3) is 0 Å². The van der Waals surface area contributed by atoms with Gasteiger partial charge in [0.25, 0.3) is 0 Å². The fourth-order valence-electron chi connectivity index (χ4n) is 2.29. The summed E-state index contributed by atoms with van der Waals surface area (Å²) in [5.74, 6) is 1.08. The minimum atomic E-state index is 1.08. The number of rotatable bonds is 0. The highest BCUT2D eigenvalue weighted by molar-refractivity contribution is 5.06. The molecule has 10 heavy (non-hydrogen) atoms. The van der Waals surface area contributed by atoms with Gasteiger partial charge in [0.2, 0.25) is 0 Å². The summed E-state index contributed by atoms with van der Waals surface area (Å²) < 4.78 is 0. The predicted molar refractivity (Wildman–Crippen MR) is 43.9 cm³/mol. The van der Waals surface area contributed by atoms with Gasteiger partial charge in [0, 0.05) is 0 Å². The molecule has 56 valence electrons. The minimum Gasteiger partial charge on any atom is -0.0853 e. The molecule has 0 N–H and O–H groups in total. The molecule has 2 aliphatic rings. The summed E-state index contributed by atoms with van der Waals surface area (Å²) in [6.45, 7) is 0. The summed E-state index contributed by atoms with van der Waals surface area (Å²) >= 11 is 0. The summed E-state index contributed by atoms with van der Waals surface area (Å²) in [6, 6.07) is 0. The first-order chi connectivity index (χ1) is 4.95. The third kappa shape index (κ3) is 1.25. The molecule has 0 radical (unpaired) electrons. The van der Waals surface area contributed by atoms with Crippen molar-refractivity contribution in [3.05, 3.63) is 11.6 Å². The Kier molecular flexibility index (Phi) is 1.79. The van der Waals surface area contributed by atoms with Gasteiger partial charge in [-0.25, -0.2) is 0 Å². The fourth-order valence-corrected chi connectivity index (χ4v) is 2.29. The molecule has 0 spiro atoms. The normalized spacial score (nSPS) is 32.8. The average molecular weight is 136 g/mol. The molecule has 0 aliphatic heterocycles. The van der Waals surface area contributed by atoms with Crippen molar-refractivity contribution in [1.29, 1.82) is 0 Å². The monoisotopic (exact) mass is 136 g/mol.